The Morgan fingerprint density at radius 2 is 2.28 bits per heavy atom. The third-order valence-electron chi connectivity index (χ3n) is 3.31. The predicted octanol–water partition coefficient (Wildman–Crippen LogP) is 2.70. The number of nitrogens with two attached hydrogens (primary N) is 1. The van der Waals surface area contributed by atoms with Gasteiger partial charge in [0.05, 0.1) is 5.69 Å². The van der Waals surface area contributed by atoms with E-state index in [0.29, 0.717) is 5.15 Å². The molecule has 2 aromatic rings. The second kappa shape index (κ2) is 4.30. The lowest BCUT2D eigenvalue weighted by molar-refractivity contribution is 0.465. The first-order chi connectivity index (χ1) is 8.66. The number of benzene rings is 1. The average molecular weight is 264 g/mol. The van der Waals surface area contributed by atoms with Crippen LogP contribution in [0.15, 0.2) is 24.3 Å². The van der Waals surface area contributed by atoms with Gasteiger partial charge >= 0.3 is 0 Å². The SMILES string of the molecule is NC1CCCn2c(-c3cccc(O)c3)nc(Cl)c21. The minimum Gasteiger partial charge on any atom is -0.508 e. The standard InChI is InChI=1S/C13H14ClN3O/c14-12-11-10(15)5-2-6-17(11)13(16-12)8-3-1-4-9(18)7-8/h1,3-4,7,10,18H,2,5-6,15H2. The summed E-state index contributed by atoms with van der Waals surface area (Å²) >= 11 is 6.17. The molecule has 3 rings (SSSR count). The monoisotopic (exact) mass is 263 g/mol. The van der Waals surface area contributed by atoms with Crippen molar-refractivity contribution in [1.82, 2.24) is 9.55 Å². The van der Waals surface area contributed by atoms with Crippen LogP contribution in [0.4, 0.5) is 0 Å². The fourth-order valence-electron chi connectivity index (χ4n) is 2.49. The Morgan fingerprint density at radius 3 is 3.06 bits per heavy atom. The van der Waals surface area contributed by atoms with Gasteiger partial charge in [-0.15, -0.1) is 0 Å². The summed E-state index contributed by atoms with van der Waals surface area (Å²) in [5.41, 5.74) is 7.84. The fraction of sp³-hybridized carbons (Fsp3) is 0.308. The normalized spacial score (nSPS) is 18.7. The van der Waals surface area contributed by atoms with Crippen molar-refractivity contribution in [2.24, 2.45) is 5.73 Å². The zero-order valence-electron chi connectivity index (χ0n) is 9.81. The molecule has 18 heavy (non-hydrogen) atoms. The molecule has 1 aliphatic heterocycles. The first-order valence-corrected chi connectivity index (χ1v) is 6.35. The number of phenols is 1. The number of halogens is 1. The molecule has 0 saturated carbocycles. The largest absolute Gasteiger partial charge is 0.508 e. The third-order valence-corrected chi connectivity index (χ3v) is 3.59. The molecule has 1 aromatic carbocycles. The lowest BCUT2D eigenvalue weighted by Crippen LogP contribution is -2.22. The van der Waals surface area contributed by atoms with Crippen LogP contribution >= 0.6 is 11.6 Å². The van der Waals surface area contributed by atoms with E-state index in [1.807, 2.05) is 6.07 Å². The Hall–Kier alpha value is -1.52. The summed E-state index contributed by atoms with van der Waals surface area (Å²) in [6.07, 6.45) is 1.96. The van der Waals surface area contributed by atoms with Crippen molar-refractivity contribution in [2.75, 3.05) is 0 Å². The van der Waals surface area contributed by atoms with E-state index in [4.69, 9.17) is 17.3 Å². The van der Waals surface area contributed by atoms with Crippen LogP contribution in [0, 0.1) is 0 Å². The Kier molecular flexibility index (Phi) is 2.76. The lowest BCUT2D eigenvalue weighted by atomic mass is 10.1. The zero-order chi connectivity index (χ0) is 12.7. The van der Waals surface area contributed by atoms with Crippen molar-refractivity contribution in [3.8, 4) is 17.1 Å². The average Bonchev–Trinajstić information content (AvgIpc) is 2.68. The molecule has 0 spiro atoms. The van der Waals surface area contributed by atoms with Crippen LogP contribution in [0.1, 0.15) is 24.6 Å². The van der Waals surface area contributed by atoms with Gasteiger partial charge in [-0.05, 0) is 25.0 Å². The van der Waals surface area contributed by atoms with Crippen LogP contribution in [0.25, 0.3) is 11.4 Å². The van der Waals surface area contributed by atoms with Crippen LogP contribution in [0.2, 0.25) is 5.15 Å². The van der Waals surface area contributed by atoms with Crippen molar-refractivity contribution in [3.63, 3.8) is 0 Å². The number of rotatable bonds is 1. The number of imidazole rings is 1. The highest BCUT2D eigenvalue weighted by Gasteiger charge is 2.25. The zero-order valence-corrected chi connectivity index (χ0v) is 10.6. The van der Waals surface area contributed by atoms with Gasteiger partial charge in [-0.2, -0.15) is 0 Å². The second-order valence-electron chi connectivity index (χ2n) is 4.56. The summed E-state index contributed by atoms with van der Waals surface area (Å²) in [7, 11) is 0. The molecule has 0 radical (unpaired) electrons. The van der Waals surface area contributed by atoms with E-state index in [2.05, 4.69) is 9.55 Å². The highest BCUT2D eigenvalue weighted by atomic mass is 35.5. The first kappa shape index (κ1) is 11.6. The van der Waals surface area contributed by atoms with Gasteiger partial charge in [-0.1, -0.05) is 23.7 Å². The summed E-state index contributed by atoms with van der Waals surface area (Å²) in [6.45, 7) is 0.869. The number of aromatic hydroxyl groups is 1. The highest BCUT2D eigenvalue weighted by Crippen LogP contribution is 2.34. The van der Waals surface area contributed by atoms with E-state index in [1.165, 1.54) is 0 Å². The molecule has 2 heterocycles. The Balaban J connectivity index is 2.16. The van der Waals surface area contributed by atoms with E-state index in [9.17, 15) is 5.11 Å². The molecule has 0 saturated heterocycles. The molecule has 0 fully saturated rings. The maximum atomic E-state index is 9.54. The van der Waals surface area contributed by atoms with Crippen molar-refractivity contribution in [2.45, 2.75) is 25.4 Å². The number of fused-ring (bicyclic) bond motifs is 1. The van der Waals surface area contributed by atoms with Gasteiger partial charge in [-0.25, -0.2) is 4.98 Å². The van der Waals surface area contributed by atoms with Gasteiger partial charge in [-0.3, -0.25) is 0 Å². The maximum absolute atomic E-state index is 9.54. The van der Waals surface area contributed by atoms with Gasteiger partial charge in [0.2, 0.25) is 0 Å². The number of hydrogen-bond acceptors (Lipinski definition) is 3. The third kappa shape index (κ3) is 1.78. The fourth-order valence-corrected chi connectivity index (χ4v) is 2.81. The highest BCUT2D eigenvalue weighted by molar-refractivity contribution is 6.30. The first-order valence-electron chi connectivity index (χ1n) is 5.97. The molecule has 0 amide bonds. The summed E-state index contributed by atoms with van der Waals surface area (Å²) in [6, 6.07) is 6.97. The quantitative estimate of drug-likeness (QED) is 0.831. The van der Waals surface area contributed by atoms with Gasteiger partial charge in [0.15, 0.2) is 5.15 Å². The van der Waals surface area contributed by atoms with Crippen molar-refractivity contribution < 1.29 is 5.11 Å². The molecule has 94 valence electrons. The van der Waals surface area contributed by atoms with E-state index in [1.54, 1.807) is 18.2 Å². The molecule has 4 nitrogen and oxygen atoms in total. The molecule has 1 aliphatic rings. The molecule has 1 atom stereocenters. The Labute approximate surface area is 110 Å². The van der Waals surface area contributed by atoms with Gasteiger partial charge < -0.3 is 15.4 Å². The van der Waals surface area contributed by atoms with Crippen LogP contribution in [-0.2, 0) is 6.54 Å². The van der Waals surface area contributed by atoms with E-state index in [-0.39, 0.29) is 11.8 Å². The van der Waals surface area contributed by atoms with E-state index >= 15 is 0 Å². The molecule has 0 aliphatic carbocycles. The summed E-state index contributed by atoms with van der Waals surface area (Å²) in [5, 5.41) is 10.0. The predicted molar refractivity (Wildman–Crippen MR) is 70.5 cm³/mol. The lowest BCUT2D eigenvalue weighted by Gasteiger charge is -2.22. The Morgan fingerprint density at radius 1 is 1.44 bits per heavy atom. The number of phenolic OH excluding ortho intramolecular Hbond substituents is 1. The van der Waals surface area contributed by atoms with Crippen molar-refractivity contribution in [1.29, 1.82) is 0 Å². The van der Waals surface area contributed by atoms with Crippen molar-refractivity contribution in [3.05, 3.63) is 35.1 Å². The minimum absolute atomic E-state index is 0.0511. The number of nitrogens with zero attached hydrogens (tertiary/aromatic N) is 2. The maximum Gasteiger partial charge on any atom is 0.152 e. The van der Waals surface area contributed by atoms with Gasteiger partial charge in [0.25, 0.3) is 0 Å². The molecule has 5 heteroatoms. The van der Waals surface area contributed by atoms with Gasteiger partial charge in [0.1, 0.15) is 11.6 Å². The minimum atomic E-state index is -0.0511. The van der Waals surface area contributed by atoms with Gasteiger partial charge in [0, 0.05) is 18.2 Å². The molecule has 0 bridgehead atoms. The smallest absolute Gasteiger partial charge is 0.152 e. The summed E-state index contributed by atoms with van der Waals surface area (Å²) in [4.78, 5) is 4.39. The molecule has 1 unspecified atom stereocenters. The summed E-state index contributed by atoms with van der Waals surface area (Å²) < 4.78 is 2.06. The molecular formula is C13H14ClN3O. The molecular weight excluding hydrogens is 250 g/mol. The van der Waals surface area contributed by atoms with Crippen LogP contribution < -0.4 is 5.73 Å². The van der Waals surface area contributed by atoms with Crippen molar-refractivity contribution >= 4 is 11.6 Å². The van der Waals surface area contributed by atoms with Crippen LogP contribution in [0.5, 0.6) is 5.75 Å². The van der Waals surface area contributed by atoms with E-state index in [0.717, 1.165) is 36.5 Å². The summed E-state index contributed by atoms with van der Waals surface area (Å²) in [5.74, 6) is 1.00. The molecule has 3 N–H and O–H groups in total. The topological polar surface area (TPSA) is 64.1 Å². The van der Waals surface area contributed by atoms with E-state index < -0.39 is 0 Å². The molecule has 1 aromatic heterocycles. The Bertz CT molecular complexity index is 594. The second-order valence-corrected chi connectivity index (χ2v) is 4.92. The van der Waals surface area contributed by atoms with Crippen LogP contribution in [-0.4, -0.2) is 14.7 Å². The number of hydrogen-bond donors (Lipinski definition) is 2. The van der Waals surface area contributed by atoms with Crippen LogP contribution in [0.3, 0.4) is 0 Å². The number of aromatic nitrogens is 2.